The molecule has 1 fully saturated rings. The molecule has 0 aliphatic carbocycles. The van der Waals surface area contributed by atoms with Crippen molar-refractivity contribution < 1.29 is 4.74 Å². The van der Waals surface area contributed by atoms with E-state index in [1.54, 1.807) is 7.11 Å². The van der Waals surface area contributed by atoms with Gasteiger partial charge in [-0.1, -0.05) is 24.6 Å². The van der Waals surface area contributed by atoms with Gasteiger partial charge in [0.15, 0.2) is 0 Å². The Morgan fingerprint density at radius 3 is 2.95 bits per heavy atom. The summed E-state index contributed by atoms with van der Waals surface area (Å²) in [6, 6.07) is 5.93. The zero-order valence-corrected chi connectivity index (χ0v) is 12.5. The Bertz CT molecular complexity index is 425. The van der Waals surface area contributed by atoms with Gasteiger partial charge in [-0.05, 0) is 37.4 Å². The zero-order valence-electron chi connectivity index (χ0n) is 11.7. The molecule has 106 valence electrons. The van der Waals surface area contributed by atoms with Gasteiger partial charge in [0.1, 0.15) is 5.75 Å². The van der Waals surface area contributed by atoms with Crippen molar-refractivity contribution in [2.45, 2.75) is 25.8 Å². The summed E-state index contributed by atoms with van der Waals surface area (Å²) in [5, 5.41) is 0.744. The first-order valence-corrected chi connectivity index (χ1v) is 7.31. The van der Waals surface area contributed by atoms with E-state index < -0.39 is 0 Å². The molecule has 0 bridgehead atoms. The third-order valence-corrected chi connectivity index (χ3v) is 4.25. The molecule has 1 aromatic rings. The van der Waals surface area contributed by atoms with Gasteiger partial charge < -0.3 is 10.5 Å². The Kier molecular flexibility index (Phi) is 5.08. The maximum atomic E-state index is 6.38. The molecule has 4 heteroatoms. The highest BCUT2D eigenvalue weighted by atomic mass is 35.5. The van der Waals surface area contributed by atoms with E-state index in [0.29, 0.717) is 6.54 Å². The average molecular weight is 283 g/mol. The highest BCUT2D eigenvalue weighted by Gasteiger charge is 2.27. The first kappa shape index (κ1) is 14.6. The lowest BCUT2D eigenvalue weighted by molar-refractivity contribution is 0.131. The standard InChI is InChI=1S/C15H23ClN2O/c1-11-5-4-8-18(10-11)13(9-17)15-12(16)6-3-7-14(15)19-2/h3,6-7,11,13H,4-5,8-10,17H2,1-2H3. The third-order valence-electron chi connectivity index (χ3n) is 3.92. The predicted molar refractivity (Wildman–Crippen MR) is 79.8 cm³/mol. The normalized spacial score (nSPS) is 22.2. The van der Waals surface area contributed by atoms with Crippen molar-refractivity contribution >= 4 is 11.6 Å². The Balaban J connectivity index is 2.31. The Labute approximate surface area is 120 Å². The van der Waals surface area contributed by atoms with Crippen LogP contribution in [0.3, 0.4) is 0 Å². The van der Waals surface area contributed by atoms with Crippen LogP contribution in [-0.2, 0) is 0 Å². The number of nitrogens with two attached hydrogens (primary N) is 1. The van der Waals surface area contributed by atoms with Crippen LogP contribution in [0, 0.1) is 5.92 Å². The number of methoxy groups -OCH3 is 1. The quantitative estimate of drug-likeness (QED) is 0.922. The van der Waals surface area contributed by atoms with Gasteiger partial charge in [-0.2, -0.15) is 0 Å². The Morgan fingerprint density at radius 2 is 2.32 bits per heavy atom. The average Bonchev–Trinajstić information content (AvgIpc) is 2.41. The van der Waals surface area contributed by atoms with Gasteiger partial charge >= 0.3 is 0 Å². The van der Waals surface area contributed by atoms with E-state index in [0.717, 1.165) is 35.3 Å². The predicted octanol–water partition coefficient (Wildman–Crippen LogP) is 3.08. The van der Waals surface area contributed by atoms with Crippen LogP contribution in [0.25, 0.3) is 0 Å². The minimum absolute atomic E-state index is 0.145. The maximum Gasteiger partial charge on any atom is 0.125 e. The number of piperidine rings is 1. The lowest BCUT2D eigenvalue weighted by Gasteiger charge is -2.37. The minimum atomic E-state index is 0.145. The van der Waals surface area contributed by atoms with Crippen molar-refractivity contribution in [2.75, 3.05) is 26.7 Å². The van der Waals surface area contributed by atoms with E-state index in [1.807, 2.05) is 18.2 Å². The van der Waals surface area contributed by atoms with E-state index >= 15 is 0 Å². The minimum Gasteiger partial charge on any atom is -0.496 e. The molecule has 0 aromatic heterocycles. The van der Waals surface area contributed by atoms with E-state index in [1.165, 1.54) is 12.8 Å². The van der Waals surface area contributed by atoms with Crippen LogP contribution in [0.1, 0.15) is 31.4 Å². The molecule has 0 saturated carbocycles. The van der Waals surface area contributed by atoms with Crippen molar-refractivity contribution in [1.82, 2.24) is 4.90 Å². The fraction of sp³-hybridized carbons (Fsp3) is 0.600. The molecule has 3 nitrogen and oxygen atoms in total. The summed E-state index contributed by atoms with van der Waals surface area (Å²) in [7, 11) is 1.68. The molecule has 0 amide bonds. The molecule has 2 N–H and O–H groups in total. The lowest BCUT2D eigenvalue weighted by Crippen LogP contribution is -2.40. The summed E-state index contributed by atoms with van der Waals surface area (Å²) in [6.07, 6.45) is 2.53. The molecule has 1 saturated heterocycles. The van der Waals surface area contributed by atoms with E-state index in [2.05, 4.69) is 11.8 Å². The molecular weight excluding hydrogens is 260 g/mol. The summed E-state index contributed by atoms with van der Waals surface area (Å²) in [6.45, 7) is 5.02. The zero-order chi connectivity index (χ0) is 13.8. The van der Waals surface area contributed by atoms with Crippen molar-refractivity contribution in [3.8, 4) is 5.75 Å². The van der Waals surface area contributed by atoms with E-state index in [9.17, 15) is 0 Å². The largest absolute Gasteiger partial charge is 0.496 e. The molecule has 1 aromatic carbocycles. The lowest BCUT2D eigenvalue weighted by atomic mass is 9.95. The first-order valence-electron chi connectivity index (χ1n) is 6.94. The van der Waals surface area contributed by atoms with Gasteiger partial charge in [0.05, 0.1) is 13.2 Å². The van der Waals surface area contributed by atoms with Crippen LogP contribution >= 0.6 is 11.6 Å². The van der Waals surface area contributed by atoms with Crippen molar-refractivity contribution in [2.24, 2.45) is 11.7 Å². The second-order valence-electron chi connectivity index (χ2n) is 5.35. The number of likely N-dealkylation sites (tertiary alicyclic amines) is 1. The Hall–Kier alpha value is -0.770. The molecular formula is C15H23ClN2O. The number of rotatable bonds is 4. The maximum absolute atomic E-state index is 6.38. The van der Waals surface area contributed by atoms with Gasteiger partial charge in [-0.3, -0.25) is 4.90 Å². The molecule has 0 spiro atoms. The molecule has 2 atom stereocenters. The van der Waals surface area contributed by atoms with Crippen LogP contribution < -0.4 is 10.5 Å². The molecule has 1 heterocycles. The summed E-state index contributed by atoms with van der Waals surface area (Å²) in [5.74, 6) is 1.55. The second kappa shape index (κ2) is 6.60. The first-order chi connectivity index (χ1) is 9.17. The van der Waals surface area contributed by atoms with Crippen LogP contribution in [0.4, 0.5) is 0 Å². The third kappa shape index (κ3) is 3.22. The monoisotopic (exact) mass is 282 g/mol. The number of ether oxygens (including phenoxy) is 1. The molecule has 1 aliphatic heterocycles. The summed E-state index contributed by atoms with van der Waals surface area (Å²) in [5.41, 5.74) is 7.05. The molecule has 2 unspecified atom stereocenters. The van der Waals surface area contributed by atoms with Gasteiger partial charge in [-0.25, -0.2) is 0 Å². The van der Waals surface area contributed by atoms with Crippen molar-refractivity contribution in [1.29, 1.82) is 0 Å². The van der Waals surface area contributed by atoms with Gasteiger partial charge in [-0.15, -0.1) is 0 Å². The van der Waals surface area contributed by atoms with E-state index in [4.69, 9.17) is 22.1 Å². The van der Waals surface area contributed by atoms with Crippen molar-refractivity contribution in [3.05, 3.63) is 28.8 Å². The second-order valence-corrected chi connectivity index (χ2v) is 5.76. The van der Waals surface area contributed by atoms with Gasteiger partial charge in [0.25, 0.3) is 0 Å². The van der Waals surface area contributed by atoms with Gasteiger partial charge in [0.2, 0.25) is 0 Å². The number of hydrogen-bond donors (Lipinski definition) is 1. The molecule has 2 rings (SSSR count). The summed E-state index contributed by atoms with van der Waals surface area (Å²) < 4.78 is 5.46. The molecule has 19 heavy (non-hydrogen) atoms. The van der Waals surface area contributed by atoms with E-state index in [-0.39, 0.29) is 6.04 Å². The summed E-state index contributed by atoms with van der Waals surface area (Å²) >= 11 is 6.38. The topological polar surface area (TPSA) is 38.5 Å². The highest BCUT2D eigenvalue weighted by Crippen LogP contribution is 2.36. The molecule has 0 radical (unpaired) electrons. The Morgan fingerprint density at radius 1 is 1.53 bits per heavy atom. The van der Waals surface area contributed by atoms with Crippen LogP contribution in [0.5, 0.6) is 5.75 Å². The number of halogens is 1. The smallest absolute Gasteiger partial charge is 0.125 e. The number of benzene rings is 1. The van der Waals surface area contributed by atoms with Crippen molar-refractivity contribution in [3.63, 3.8) is 0 Å². The fourth-order valence-electron chi connectivity index (χ4n) is 2.98. The number of nitrogens with zero attached hydrogens (tertiary/aromatic N) is 1. The number of hydrogen-bond acceptors (Lipinski definition) is 3. The fourth-order valence-corrected chi connectivity index (χ4v) is 3.27. The van der Waals surface area contributed by atoms with Crippen LogP contribution in [0.2, 0.25) is 5.02 Å². The van der Waals surface area contributed by atoms with Gasteiger partial charge in [0, 0.05) is 23.7 Å². The SMILES string of the molecule is COc1cccc(Cl)c1C(CN)N1CCCC(C)C1. The van der Waals surface area contributed by atoms with Crippen LogP contribution in [-0.4, -0.2) is 31.6 Å². The molecule has 1 aliphatic rings. The van der Waals surface area contributed by atoms with Crippen LogP contribution in [0.15, 0.2) is 18.2 Å². The summed E-state index contributed by atoms with van der Waals surface area (Å²) in [4.78, 5) is 2.44. The highest BCUT2D eigenvalue weighted by molar-refractivity contribution is 6.31.